The summed E-state index contributed by atoms with van der Waals surface area (Å²) >= 11 is 0. The number of carbonyl (C=O) groups is 5. The van der Waals surface area contributed by atoms with Gasteiger partial charge in [0.15, 0.2) is 0 Å². The number of fused-ring (bicyclic) bond motifs is 1. The Balaban J connectivity index is 1.52. The van der Waals surface area contributed by atoms with Crippen molar-refractivity contribution in [3.05, 3.63) is 65.2 Å². The quantitative estimate of drug-likeness (QED) is 0.307. The minimum Gasteiger partial charge on any atom is -0.491 e. The van der Waals surface area contributed by atoms with E-state index in [-0.39, 0.29) is 30.4 Å². The van der Waals surface area contributed by atoms with Crippen LogP contribution in [0.5, 0.6) is 5.75 Å². The maximum Gasteiger partial charge on any atom is 0.255 e. The van der Waals surface area contributed by atoms with Gasteiger partial charge >= 0.3 is 0 Å². The third kappa shape index (κ3) is 10.5. The average molecular weight is 651 g/mol. The Morgan fingerprint density at radius 2 is 1.64 bits per heavy atom. The molecule has 0 spiro atoms. The van der Waals surface area contributed by atoms with E-state index in [2.05, 4.69) is 31.5 Å². The lowest BCUT2D eigenvalue weighted by molar-refractivity contribution is -0.133. The minimum atomic E-state index is -1.26. The van der Waals surface area contributed by atoms with Gasteiger partial charge in [0.25, 0.3) is 5.91 Å². The fraction of sp³-hybridized carbons (Fsp3) is 0.500. The molecule has 0 aliphatic carbocycles. The van der Waals surface area contributed by atoms with Gasteiger partial charge in [0.1, 0.15) is 30.5 Å². The summed E-state index contributed by atoms with van der Waals surface area (Å²) in [6.45, 7) is 10.9. The Labute approximate surface area is 275 Å². The zero-order valence-electron chi connectivity index (χ0n) is 27.5. The Kier molecular flexibility index (Phi) is 12.7. The number of nitrogens with zero attached hydrogens (tertiary/aromatic N) is 1. The molecule has 1 fully saturated rings. The molecule has 0 saturated carbocycles. The number of rotatable bonds is 6. The molecule has 0 bridgehead atoms. The van der Waals surface area contributed by atoms with Gasteiger partial charge in [-0.15, -0.1) is 0 Å². The van der Waals surface area contributed by atoms with Crippen LogP contribution in [0.25, 0.3) is 0 Å². The second-order valence-electron chi connectivity index (χ2n) is 12.4. The highest BCUT2D eigenvalue weighted by Gasteiger charge is 2.30. The molecule has 2 heterocycles. The largest absolute Gasteiger partial charge is 0.491 e. The van der Waals surface area contributed by atoms with E-state index in [0.29, 0.717) is 13.2 Å². The zero-order chi connectivity index (χ0) is 33.9. The van der Waals surface area contributed by atoms with Crippen LogP contribution in [0, 0.1) is 5.92 Å². The van der Waals surface area contributed by atoms with Crippen molar-refractivity contribution in [2.24, 2.45) is 5.92 Å². The molecule has 0 unspecified atom stereocenters. The van der Waals surface area contributed by atoms with Gasteiger partial charge < -0.3 is 36.1 Å². The third-order valence-electron chi connectivity index (χ3n) is 8.01. The first-order valence-electron chi connectivity index (χ1n) is 16.1. The maximum atomic E-state index is 13.5. The molecule has 13 nitrogen and oxygen atoms in total. The summed E-state index contributed by atoms with van der Waals surface area (Å²) in [5, 5.41) is 13.7. The summed E-state index contributed by atoms with van der Waals surface area (Å²) in [4.78, 5) is 68.5. The number of hydrogen-bond acceptors (Lipinski definition) is 8. The maximum absolute atomic E-state index is 13.5. The minimum absolute atomic E-state index is 0.0414. The summed E-state index contributed by atoms with van der Waals surface area (Å²) in [5.74, 6) is -2.77. The zero-order valence-corrected chi connectivity index (χ0v) is 27.5. The number of hydrogen-bond donors (Lipinski definition) is 5. The van der Waals surface area contributed by atoms with Crippen LogP contribution in [0.3, 0.4) is 0 Å². The first-order chi connectivity index (χ1) is 22.5. The molecule has 4 atom stereocenters. The van der Waals surface area contributed by atoms with E-state index in [1.807, 2.05) is 24.3 Å². The molecule has 2 aliphatic rings. The number of benzene rings is 2. The molecule has 0 radical (unpaired) electrons. The lowest BCUT2D eigenvalue weighted by atomic mass is 10.0. The van der Waals surface area contributed by atoms with Crippen LogP contribution in [-0.4, -0.2) is 91.5 Å². The SMILES string of the molecule is CC(C)[C@H]1NC(=O)[C@H](C)NC(=O)C[C@@H](C(=O)NCc2cccc(CN3CCOCC3)c2)NC(=O)c2ccccc2OC[C@H](C)NC1=O. The molecule has 4 rings (SSSR count). The number of amides is 5. The Morgan fingerprint density at radius 1 is 0.915 bits per heavy atom. The standard InChI is InChI=1S/C34H46N6O7/c1-21(2)30-34(45)36-22(3)20-47-28-11-6-5-10-26(28)32(43)38-27(17-29(41)37-23(4)31(42)39-30)33(44)35-18-24-8-7-9-25(16-24)19-40-12-14-46-15-13-40/h5-11,16,21-23,27,30H,12-15,17-20H2,1-4H3,(H,35,44)(H,36,45)(H,37,41)(H,38,43)(H,39,42)/t22-,23-,27-,30+/m0/s1. The first kappa shape index (κ1) is 35.4. The van der Waals surface area contributed by atoms with Crippen LogP contribution in [0.4, 0.5) is 0 Å². The summed E-state index contributed by atoms with van der Waals surface area (Å²) in [6.07, 6.45) is -0.430. The van der Waals surface area contributed by atoms with E-state index in [1.165, 1.54) is 6.92 Å². The highest BCUT2D eigenvalue weighted by Crippen LogP contribution is 2.19. The molecular weight excluding hydrogens is 604 g/mol. The van der Waals surface area contributed by atoms with Crippen molar-refractivity contribution < 1.29 is 33.4 Å². The van der Waals surface area contributed by atoms with Crippen molar-refractivity contribution in [2.45, 2.75) is 71.4 Å². The van der Waals surface area contributed by atoms with Crippen molar-refractivity contribution in [3.8, 4) is 5.75 Å². The molecule has 0 aromatic heterocycles. The third-order valence-corrected chi connectivity index (χ3v) is 8.01. The van der Waals surface area contributed by atoms with Crippen LogP contribution in [-0.2, 0) is 37.0 Å². The smallest absolute Gasteiger partial charge is 0.255 e. The Morgan fingerprint density at radius 3 is 2.38 bits per heavy atom. The topological polar surface area (TPSA) is 167 Å². The number of carbonyl (C=O) groups excluding carboxylic acids is 5. The molecular formula is C34H46N6O7. The predicted molar refractivity (Wildman–Crippen MR) is 174 cm³/mol. The van der Waals surface area contributed by atoms with Crippen molar-refractivity contribution in [3.63, 3.8) is 0 Å². The van der Waals surface area contributed by atoms with Crippen LogP contribution in [0.1, 0.15) is 55.6 Å². The molecule has 1 saturated heterocycles. The lowest BCUT2D eigenvalue weighted by Gasteiger charge is -2.26. The first-order valence-corrected chi connectivity index (χ1v) is 16.1. The van der Waals surface area contributed by atoms with Gasteiger partial charge in [-0.1, -0.05) is 50.2 Å². The van der Waals surface area contributed by atoms with Gasteiger partial charge in [0.05, 0.1) is 31.2 Å². The lowest BCUT2D eigenvalue weighted by Crippen LogP contribution is -2.56. The van der Waals surface area contributed by atoms with E-state index < -0.39 is 60.1 Å². The van der Waals surface area contributed by atoms with Crippen LogP contribution >= 0.6 is 0 Å². The van der Waals surface area contributed by atoms with Gasteiger partial charge in [0.2, 0.25) is 23.6 Å². The fourth-order valence-electron chi connectivity index (χ4n) is 5.35. The van der Waals surface area contributed by atoms with Crippen molar-refractivity contribution in [1.82, 2.24) is 31.5 Å². The molecule has 47 heavy (non-hydrogen) atoms. The average Bonchev–Trinajstić information content (AvgIpc) is 3.04. The number of morpholine rings is 1. The summed E-state index contributed by atoms with van der Waals surface area (Å²) in [6, 6.07) is 10.8. The highest BCUT2D eigenvalue weighted by molar-refractivity contribution is 6.01. The van der Waals surface area contributed by atoms with E-state index in [1.54, 1.807) is 45.0 Å². The number of para-hydroxylation sites is 1. The van der Waals surface area contributed by atoms with E-state index in [4.69, 9.17) is 9.47 Å². The summed E-state index contributed by atoms with van der Waals surface area (Å²) in [7, 11) is 0. The van der Waals surface area contributed by atoms with E-state index in [9.17, 15) is 24.0 Å². The monoisotopic (exact) mass is 650 g/mol. The molecule has 5 N–H and O–H groups in total. The normalized spacial score (nSPS) is 23.7. The second kappa shape index (κ2) is 16.9. The predicted octanol–water partition coefficient (Wildman–Crippen LogP) is 0.866. The summed E-state index contributed by atoms with van der Waals surface area (Å²) in [5.41, 5.74) is 2.13. The number of ether oxygens (including phenoxy) is 2. The molecule has 2 aromatic carbocycles. The highest BCUT2D eigenvalue weighted by atomic mass is 16.5. The molecule has 5 amide bonds. The van der Waals surface area contributed by atoms with Crippen LogP contribution in [0.15, 0.2) is 48.5 Å². The Bertz CT molecular complexity index is 1430. The van der Waals surface area contributed by atoms with Crippen molar-refractivity contribution >= 4 is 29.5 Å². The Hall–Kier alpha value is -4.49. The van der Waals surface area contributed by atoms with E-state index >= 15 is 0 Å². The summed E-state index contributed by atoms with van der Waals surface area (Å²) < 4.78 is 11.3. The van der Waals surface area contributed by atoms with Gasteiger partial charge in [-0.25, -0.2) is 0 Å². The second-order valence-corrected chi connectivity index (χ2v) is 12.4. The van der Waals surface area contributed by atoms with Crippen LogP contribution in [0.2, 0.25) is 0 Å². The van der Waals surface area contributed by atoms with Crippen molar-refractivity contribution in [2.75, 3.05) is 32.9 Å². The molecule has 13 heteroatoms. The molecule has 254 valence electrons. The molecule has 2 aromatic rings. The van der Waals surface area contributed by atoms with Crippen molar-refractivity contribution in [1.29, 1.82) is 0 Å². The van der Waals surface area contributed by atoms with Gasteiger partial charge in [-0.2, -0.15) is 0 Å². The van der Waals surface area contributed by atoms with Gasteiger partial charge in [-0.05, 0) is 43.0 Å². The molecule has 2 aliphatic heterocycles. The fourth-order valence-corrected chi connectivity index (χ4v) is 5.35. The van der Waals surface area contributed by atoms with E-state index in [0.717, 1.165) is 30.8 Å². The number of nitrogens with one attached hydrogen (secondary N) is 5. The van der Waals surface area contributed by atoms with Crippen LogP contribution < -0.4 is 31.3 Å². The van der Waals surface area contributed by atoms with Gasteiger partial charge in [0, 0.05) is 26.2 Å². The van der Waals surface area contributed by atoms with Gasteiger partial charge in [-0.3, -0.25) is 28.9 Å².